The van der Waals surface area contributed by atoms with E-state index < -0.39 is 18.1 Å². The van der Waals surface area contributed by atoms with E-state index in [4.69, 9.17) is 5.73 Å². The van der Waals surface area contributed by atoms with E-state index in [1.807, 2.05) is 5.32 Å². The van der Waals surface area contributed by atoms with Crippen LogP contribution in [0.4, 0.5) is 13.2 Å². The zero-order valence-corrected chi connectivity index (χ0v) is 7.60. The van der Waals surface area contributed by atoms with Crippen molar-refractivity contribution >= 4 is 5.91 Å². The van der Waals surface area contributed by atoms with Crippen molar-refractivity contribution < 1.29 is 18.0 Å². The molecule has 1 rings (SSSR count). The maximum Gasteiger partial charge on any atom is 0.471 e. The van der Waals surface area contributed by atoms with Gasteiger partial charge >= 0.3 is 12.1 Å². The van der Waals surface area contributed by atoms with Crippen LogP contribution in [0.15, 0.2) is 0 Å². The van der Waals surface area contributed by atoms with E-state index in [0.717, 1.165) is 12.8 Å². The van der Waals surface area contributed by atoms with Gasteiger partial charge in [0.1, 0.15) is 0 Å². The van der Waals surface area contributed by atoms with Gasteiger partial charge in [0.25, 0.3) is 0 Å². The number of hydrogen-bond donors (Lipinski definition) is 2. The van der Waals surface area contributed by atoms with Gasteiger partial charge in [-0.25, -0.2) is 0 Å². The van der Waals surface area contributed by atoms with Gasteiger partial charge in [0, 0.05) is 6.04 Å². The van der Waals surface area contributed by atoms with Crippen molar-refractivity contribution in [3.63, 3.8) is 0 Å². The van der Waals surface area contributed by atoms with E-state index in [1.54, 1.807) is 0 Å². The minimum Gasteiger partial charge on any atom is -0.345 e. The van der Waals surface area contributed by atoms with Crippen LogP contribution < -0.4 is 11.1 Å². The molecule has 0 aromatic heterocycles. The molecule has 0 aromatic rings. The highest BCUT2D eigenvalue weighted by molar-refractivity contribution is 5.82. The summed E-state index contributed by atoms with van der Waals surface area (Å²) >= 11 is 0. The van der Waals surface area contributed by atoms with E-state index in [2.05, 4.69) is 0 Å². The number of amides is 1. The van der Waals surface area contributed by atoms with Gasteiger partial charge < -0.3 is 11.1 Å². The van der Waals surface area contributed by atoms with Crippen molar-refractivity contribution in [1.29, 1.82) is 0 Å². The molecule has 1 aliphatic rings. The van der Waals surface area contributed by atoms with Crippen molar-refractivity contribution in [3.8, 4) is 0 Å². The number of halogens is 3. The maximum atomic E-state index is 11.9. The molecule has 0 aliphatic heterocycles. The second-order valence-corrected chi connectivity index (χ2v) is 3.50. The van der Waals surface area contributed by atoms with Gasteiger partial charge in [0.2, 0.25) is 0 Å². The second-order valence-electron chi connectivity index (χ2n) is 3.50. The lowest BCUT2D eigenvalue weighted by molar-refractivity contribution is -0.174. The zero-order valence-electron chi connectivity index (χ0n) is 7.60. The molecule has 0 radical (unpaired) electrons. The molecule has 1 amide bonds. The normalized spacial score (nSPS) is 27.7. The van der Waals surface area contributed by atoms with Crippen LogP contribution in [0.25, 0.3) is 0 Å². The summed E-state index contributed by atoms with van der Waals surface area (Å²) in [6, 6.07) is -0.408. The van der Waals surface area contributed by atoms with Gasteiger partial charge in [-0.05, 0) is 25.3 Å². The third-order valence-corrected chi connectivity index (χ3v) is 2.54. The van der Waals surface area contributed by atoms with Crippen LogP contribution in [-0.4, -0.2) is 24.7 Å². The largest absolute Gasteiger partial charge is 0.471 e. The average Bonchev–Trinajstić information content (AvgIpc) is 2.50. The van der Waals surface area contributed by atoms with Crippen LogP contribution in [0.2, 0.25) is 0 Å². The first-order valence-electron chi connectivity index (χ1n) is 4.53. The van der Waals surface area contributed by atoms with Gasteiger partial charge in [-0.1, -0.05) is 6.42 Å². The molecule has 0 aromatic carbocycles. The van der Waals surface area contributed by atoms with Crippen molar-refractivity contribution in [3.05, 3.63) is 0 Å². The Morgan fingerprint density at radius 3 is 2.57 bits per heavy atom. The SMILES string of the molecule is NCC1CCCC1NC(=O)C(F)(F)F. The fraction of sp³-hybridized carbons (Fsp3) is 0.875. The third-order valence-electron chi connectivity index (χ3n) is 2.54. The summed E-state index contributed by atoms with van der Waals surface area (Å²) in [6.45, 7) is 0.322. The van der Waals surface area contributed by atoms with Gasteiger partial charge in [0.15, 0.2) is 0 Å². The summed E-state index contributed by atoms with van der Waals surface area (Å²) in [4.78, 5) is 10.6. The van der Waals surface area contributed by atoms with E-state index in [9.17, 15) is 18.0 Å². The first kappa shape index (κ1) is 11.3. The van der Waals surface area contributed by atoms with Gasteiger partial charge in [-0.3, -0.25) is 4.79 Å². The van der Waals surface area contributed by atoms with Crippen LogP contribution in [0.3, 0.4) is 0 Å². The Labute approximate surface area is 79.8 Å². The number of carbonyl (C=O) groups is 1. The summed E-state index contributed by atoms with van der Waals surface area (Å²) in [6.07, 6.45) is -2.59. The number of alkyl halides is 3. The minimum atomic E-state index is -4.79. The summed E-state index contributed by atoms with van der Waals surface area (Å²) in [7, 11) is 0. The lowest BCUT2D eigenvalue weighted by Gasteiger charge is -2.19. The molecular weight excluding hydrogens is 197 g/mol. The molecular formula is C8H13F3N2O. The Kier molecular flexibility index (Phi) is 3.36. The summed E-state index contributed by atoms with van der Waals surface area (Å²) in [5.41, 5.74) is 5.38. The molecule has 0 bridgehead atoms. The molecule has 14 heavy (non-hydrogen) atoms. The van der Waals surface area contributed by atoms with Crippen LogP contribution in [0, 0.1) is 5.92 Å². The minimum absolute atomic E-state index is 0.0127. The molecule has 0 saturated heterocycles. The Morgan fingerprint density at radius 2 is 2.07 bits per heavy atom. The number of nitrogens with one attached hydrogen (secondary N) is 1. The van der Waals surface area contributed by atoms with E-state index in [0.29, 0.717) is 13.0 Å². The predicted octanol–water partition coefficient (Wildman–Crippen LogP) is 0.792. The van der Waals surface area contributed by atoms with Crippen LogP contribution >= 0.6 is 0 Å². The first-order valence-corrected chi connectivity index (χ1v) is 4.53. The number of nitrogens with two attached hydrogens (primary N) is 1. The highest BCUT2D eigenvalue weighted by Crippen LogP contribution is 2.26. The standard InChI is InChI=1S/C8H13F3N2O/c9-8(10,11)7(14)13-6-3-1-2-5(6)4-12/h5-6H,1-4,12H2,(H,13,14). The Hall–Kier alpha value is -0.780. The van der Waals surface area contributed by atoms with Gasteiger partial charge in [0.05, 0.1) is 0 Å². The number of rotatable bonds is 2. The summed E-state index contributed by atoms with van der Waals surface area (Å²) in [5.74, 6) is -1.87. The number of carbonyl (C=O) groups excluding carboxylic acids is 1. The summed E-state index contributed by atoms with van der Waals surface area (Å²) in [5, 5.41) is 1.98. The highest BCUT2D eigenvalue weighted by atomic mass is 19.4. The van der Waals surface area contributed by atoms with E-state index in [-0.39, 0.29) is 5.92 Å². The molecule has 1 saturated carbocycles. The predicted molar refractivity (Wildman–Crippen MR) is 44.4 cm³/mol. The van der Waals surface area contributed by atoms with Crippen molar-refractivity contribution in [2.45, 2.75) is 31.5 Å². The molecule has 3 nitrogen and oxygen atoms in total. The fourth-order valence-electron chi connectivity index (χ4n) is 1.76. The first-order chi connectivity index (χ1) is 6.45. The smallest absolute Gasteiger partial charge is 0.345 e. The molecule has 1 fully saturated rings. The van der Waals surface area contributed by atoms with Gasteiger partial charge in [-0.2, -0.15) is 13.2 Å². The lowest BCUT2D eigenvalue weighted by Crippen LogP contribution is -2.45. The Balaban J connectivity index is 2.48. The molecule has 6 heteroatoms. The monoisotopic (exact) mass is 210 g/mol. The molecule has 3 N–H and O–H groups in total. The Bertz CT molecular complexity index is 217. The average molecular weight is 210 g/mol. The topological polar surface area (TPSA) is 55.1 Å². The molecule has 2 unspecified atom stereocenters. The van der Waals surface area contributed by atoms with Crippen molar-refractivity contribution in [2.75, 3.05) is 6.54 Å². The van der Waals surface area contributed by atoms with Gasteiger partial charge in [-0.15, -0.1) is 0 Å². The zero-order chi connectivity index (χ0) is 10.8. The van der Waals surface area contributed by atoms with Crippen LogP contribution in [0.5, 0.6) is 0 Å². The van der Waals surface area contributed by atoms with Crippen LogP contribution in [0.1, 0.15) is 19.3 Å². The molecule has 1 aliphatic carbocycles. The van der Waals surface area contributed by atoms with Crippen molar-refractivity contribution in [1.82, 2.24) is 5.32 Å². The lowest BCUT2D eigenvalue weighted by atomic mass is 10.0. The molecule has 0 spiro atoms. The van der Waals surface area contributed by atoms with E-state index >= 15 is 0 Å². The summed E-state index contributed by atoms with van der Waals surface area (Å²) < 4.78 is 35.7. The molecule has 0 heterocycles. The second kappa shape index (κ2) is 4.16. The molecule has 82 valence electrons. The van der Waals surface area contributed by atoms with E-state index in [1.165, 1.54) is 0 Å². The van der Waals surface area contributed by atoms with Crippen LogP contribution in [-0.2, 0) is 4.79 Å². The molecule has 2 atom stereocenters. The quantitative estimate of drug-likeness (QED) is 0.708. The highest BCUT2D eigenvalue weighted by Gasteiger charge is 2.41. The fourth-order valence-corrected chi connectivity index (χ4v) is 1.76. The maximum absolute atomic E-state index is 11.9. The Morgan fingerprint density at radius 1 is 1.43 bits per heavy atom. The van der Waals surface area contributed by atoms with Crippen molar-refractivity contribution in [2.24, 2.45) is 11.7 Å². The number of hydrogen-bond acceptors (Lipinski definition) is 2. The third kappa shape index (κ3) is 2.60.